The van der Waals surface area contributed by atoms with E-state index in [1.54, 1.807) is 37.3 Å². The van der Waals surface area contributed by atoms with Gasteiger partial charge in [0.1, 0.15) is 18.4 Å². The largest absolute Gasteiger partial charge is 0.354 e. The molecule has 0 spiro atoms. The topological polar surface area (TPSA) is 86.8 Å². The van der Waals surface area contributed by atoms with Crippen LogP contribution in [0.3, 0.4) is 0 Å². The molecule has 3 rings (SSSR count). The normalized spacial score (nSPS) is 12.2. The molecule has 0 aromatic heterocycles. The number of hydrogen-bond acceptors (Lipinski definition) is 4. The Morgan fingerprint density at radius 2 is 1.62 bits per heavy atom. The number of nitrogens with one attached hydrogen (secondary N) is 1. The van der Waals surface area contributed by atoms with Crippen LogP contribution in [0, 0.1) is 25.6 Å². The van der Waals surface area contributed by atoms with Gasteiger partial charge in [-0.1, -0.05) is 67.4 Å². The van der Waals surface area contributed by atoms with Gasteiger partial charge in [-0.05, 0) is 62.6 Å². The first-order chi connectivity index (χ1) is 18.8. The van der Waals surface area contributed by atoms with Gasteiger partial charge in [0.2, 0.25) is 11.8 Å². The number of carbonyl (C=O) groups excluding carboxylic acids is 2. The average molecular weight is 588 g/mol. The van der Waals surface area contributed by atoms with E-state index in [4.69, 9.17) is 11.6 Å². The van der Waals surface area contributed by atoms with Crippen LogP contribution in [0.5, 0.6) is 0 Å². The lowest BCUT2D eigenvalue weighted by Gasteiger charge is -2.32. The molecule has 3 aromatic rings. The predicted octanol–water partition coefficient (Wildman–Crippen LogP) is 5.48. The van der Waals surface area contributed by atoms with Crippen LogP contribution < -0.4 is 9.62 Å². The van der Waals surface area contributed by atoms with E-state index in [0.717, 1.165) is 9.87 Å². The Bertz CT molecular complexity index is 1460. The van der Waals surface area contributed by atoms with Crippen molar-refractivity contribution in [3.8, 4) is 0 Å². The molecule has 0 saturated heterocycles. The monoisotopic (exact) mass is 587 g/mol. The summed E-state index contributed by atoms with van der Waals surface area (Å²) >= 11 is 6.24. The Labute approximate surface area is 241 Å². The van der Waals surface area contributed by atoms with Gasteiger partial charge >= 0.3 is 0 Å². The lowest BCUT2D eigenvalue weighted by Crippen LogP contribution is -2.51. The van der Waals surface area contributed by atoms with Crippen LogP contribution in [0.2, 0.25) is 5.02 Å². The first-order valence-corrected chi connectivity index (χ1v) is 14.8. The summed E-state index contributed by atoms with van der Waals surface area (Å²) in [5, 5.41) is 3.10. The summed E-state index contributed by atoms with van der Waals surface area (Å²) in [6.45, 7) is 8.50. The Morgan fingerprint density at radius 1 is 0.975 bits per heavy atom. The summed E-state index contributed by atoms with van der Waals surface area (Å²) in [5.41, 5.74) is 1.88. The number of halogens is 2. The van der Waals surface area contributed by atoms with Crippen LogP contribution in [-0.2, 0) is 26.2 Å². The second kappa shape index (κ2) is 13.3. The second-order valence-corrected chi connectivity index (χ2v) is 12.5. The number of aryl methyl sites for hydroxylation is 2. The molecule has 1 unspecified atom stereocenters. The molecule has 0 saturated carbocycles. The zero-order chi connectivity index (χ0) is 29.6. The number of anilines is 1. The maximum atomic E-state index is 14.6. The van der Waals surface area contributed by atoms with E-state index < -0.39 is 40.2 Å². The number of sulfonamides is 1. The molecule has 0 bridgehead atoms. The summed E-state index contributed by atoms with van der Waals surface area (Å²) in [6, 6.07) is 16.0. The summed E-state index contributed by atoms with van der Waals surface area (Å²) in [7, 11) is -4.23. The molecule has 0 aliphatic carbocycles. The number of amides is 2. The highest BCUT2D eigenvalue weighted by Crippen LogP contribution is 2.30. The molecule has 2 amide bonds. The van der Waals surface area contributed by atoms with Gasteiger partial charge < -0.3 is 10.2 Å². The molecule has 0 aliphatic rings. The first-order valence-electron chi connectivity index (χ1n) is 13.0. The van der Waals surface area contributed by atoms with Crippen molar-refractivity contribution in [3.63, 3.8) is 0 Å². The van der Waals surface area contributed by atoms with E-state index >= 15 is 0 Å². The number of carbonyl (C=O) groups is 2. The van der Waals surface area contributed by atoms with Gasteiger partial charge in [-0.3, -0.25) is 13.9 Å². The van der Waals surface area contributed by atoms with Crippen molar-refractivity contribution in [1.82, 2.24) is 10.2 Å². The SMILES string of the molecule is Cc1ccc(S(=O)(=O)N(CC(=O)N(Cc2ccccc2F)C(C)C(=O)NCC(C)C)c2cc(Cl)ccc2C)cc1. The quantitative estimate of drug-likeness (QED) is 0.322. The lowest BCUT2D eigenvalue weighted by molar-refractivity contribution is -0.139. The van der Waals surface area contributed by atoms with Crippen molar-refractivity contribution in [2.45, 2.75) is 52.1 Å². The zero-order valence-electron chi connectivity index (χ0n) is 23.3. The Balaban J connectivity index is 2.07. The van der Waals surface area contributed by atoms with Crippen molar-refractivity contribution in [2.75, 3.05) is 17.4 Å². The van der Waals surface area contributed by atoms with Crippen molar-refractivity contribution in [2.24, 2.45) is 5.92 Å². The molecule has 0 heterocycles. The molecule has 7 nitrogen and oxygen atoms in total. The molecule has 1 atom stereocenters. The maximum absolute atomic E-state index is 14.6. The number of nitrogens with zero attached hydrogens (tertiary/aromatic N) is 2. The fourth-order valence-corrected chi connectivity index (χ4v) is 5.68. The average Bonchev–Trinajstić information content (AvgIpc) is 2.91. The molecule has 0 radical (unpaired) electrons. The zero-order valence-corrected chi connectivity index (χ0v) is 24.9. The fourth-order valence-electron chi connectivity index (χ4n) is 4.05. The number of rotatable bonds is 11. The minimum absolute atomic E-state index is 0.00588. The summed E-state index contributed by atoms with van der Waals surface area (Å²) in [6.07, 6.45) is 0. The smallest absolute Gasteiger partial charge is 0.264 e. The molecule has 1 N–H and O–H groups in total. The highest BCUT2D eigenvalue weighted by molar-refractivity contribution is 7.92. The van der Waals surface area contributed by atoms with Crippen molar-refractivity contribution in [3.05, 3.63) is 94.3 Å². The maximum Gasteiger partial charge on any atom is 0.264 e. The fraction of sp³-hybridized carbons (Fsp3) is 0.333. The Kier molecular flexibility index (Phi) is 10.3. The van der Waals surface area contributed by atoms with Crippen LogP contribution in [0.15, 0.2) is 71.6 Å². The standard InChI is InChI=1S/C30H35ClFN3O4S/c1-20(2)17-33-30(37)23(5)34(18-24-8-6-7-9-27(24)32)29(36)19-35(28-16-25(31)13-12-22(28)4)40(38,39)26-14-10-21(3)11-15-26/h6-16,20,23H,17-19H2,1-5H3,(H,33,37). The summed E-state index contributed by atoms with van der Waals surface area (Å²) in [5.74, 6) is -1.46. The first kappa shape index (κ1) is 31.1. The van der Waals surface area contributed by atoms with Crippen molar-refractivity contribution in [1.29, 1.82) is 0 Å². The Morgan fingerprint density at radius 3 is 2.25 bits per heavy atom. The Hall–Kier alpha value is -3.43. The third-order valence-electron chi connectivity index (χ3n) is 6.48. The van der Waals surface area contributed by atoms with E-state index in [0.29, 0.717) is 17.1 Å². The van der Waals surface area contributed by atoms with Gasteiger partial charge in [-0.25, -0.2) is 12.8 Å². The third kappa shape index (κ3) is 7.61. The highest BCUT2D eigenvalue weighted by Gasteiger charge is 2.33. The summed E-state index contributed by atoms with van der Waals surface area (Å²) < 4.78 is 43.5. The molecule has 0 aliphatic heterocycles. The number of hydrogen-bond donors (Lipinski definition) is 1. The molecular formula is C30H35ClFN3O4S. The second-order valence-electron chi connectivity index (χ2n) is 10.2. The molecule has 40 heavy (non-hydrogen) atoms. The van der Waals surface area contributed by atoms with Crippen molar-refractivity contribution < 1.29 is 22.4 Å². The van der Waals surface area contributed by atoms with E-state index in [1.807, 2.05) is 20.8 Å². The molecule has 214 valence electrons. The van der Waals surface area contributed by atoms with Gasteiger partial charge in [-0.15, -0.1) is 0 Å². The van der Waals surface area contributed by atoms with E-state index in [9.17, 15) is 22.4 Å². The molecule has 10 heteroatoms. The number of benzene rings is 3. The lowest BCUT2D eigenvalue weighted by atomic mass is 10.1. The van der Waals surface area contributed by atoms with Gasteiger partial charge in [0.25, 0.3) is 10.0 Å². The molecular weight excluding hydrogens is 553 g/mol. The van der Waals surface area contributed by atoms with Crippen molar-refractivity contribution >= 4 is 39.1 Å². The minimum atomic E-state index is -4.23. The van der Waals surface area contributed by atoms with Crippen LogP contribution in [0.25, 0.3) is 0 Å². The third-order valence-corrected chi connectivity index (χ3v) is 8.49. The van der Waals surface area contributed by atoms with E-state index in [2.05, 4.69) is 5.32 Å². The van der Waals surface area contributed by atoms with Crippen LogP contribution >= 0.6 is 11.6 Å². The minimum Gasteiger partial charge on any atom is -0.354 e. The van der Waals surface area contributed by atoms with E-state index in [1.165, 1.54) is 48.2 Å². The van der Waals surface area contributed by atoms with Gasteiger partial charge in [0.15, 0.2) is 0 Å². The molecule has 0 fully saturated rings. The van der Waals surface area contributed by atoms with Crippen LogP contribution in [0.1, 0.15) is 37.5 Å². The molecule has 3 aromatic carbocycles. The van der Waals surface area contributed by atoms with Crippen LogP contribution in [0.4, 0.5) is 10.1 Å². The highest BCUT2D eigenvalue weighted by atomic mass is 35.5. The van der Waals surface area contributed by atoms with Gasteiger partial charge in [-0.2, -0.15) is 0 Å². The predicted molar refractivity (Wildman–Crippen MR) is 156 cm³/mol. The van der Waals surface area contributed by atoms with Gasteiger partial charge in [0, 0.05) is 23.7 Å². The summed E-state index contributed by atoms with van der Waals surface area (Å²) in [4.78, 5) is 28.2. The van der Waals surface area contributed by atoms with Gasteiger partial charge in [0.05, 0.1) is 10.6 Å². The van der Waals surface area contributed by atoms with E-state index in [-0.39, 0.29) is 28.6 Å². The van der Waals surface area contributed by atoms with Crippen LogP contribution in [-0.4, -0.2) is 44.3 Å².